The van der Waals surface area contributed by atoms with Crippen LogP contribution in [0.15, 0.2) is 24.3 Å². The largest absolute Gasteiger partial charge is 0.369 e. The van der Waals surface area contributed by atoms with Gasteiger partial charge in [-0.25, -0.2) is 4.39 Å². The van der Waals surface area contributed by atoms with Crippen LogP contribution in [0.1, 0.15) is 18.4 Å². The van der Waals surface area contributed by atoms with Crippen LogP contribution in [0.3, 0.4) is 0 Å². The molecule has 0 bridgehead atoms. The molecular formula is C17H22FN5OS. The molecule has 0 radical (unpaired) electrons. The first-order valence-corrected chi connectivity index (χ1v) is 9.24. The van der Waals surface area contributed by atoms with Crippen molar-refractivity contribution in [3.05, 3.63) is 35.1 Å². The molecule has 2 heterocycles. The van der Waals surface area contributed by atoms with Gasteiger partial charge >= 0.3 is 0 Å². The lowest BCUT2D eigenvalue weighted by atomic mass is 10.1. The van der Waals surface area contributed by atoms with Crippen molar-refractivity contribution in [3.8, 4) is 0 Å². The summed E-state index contributed by atoms with van der Waals surface area (Å²) in [5, 5.41) is 12.1. The van der Waals surface area contributed by atoms with Crippen molar-refractivity contribution in [2.24, 2.45) is 0 Å². The number of hydrogen-bond acceptors (Lipinski definition) is 6. The Kier molecular flexibility index (Phi) is 5.60. The van der Waals surface area contributed by atoms with E-state index in [0.29, 0.717) is 5.13 Å². The Labute approximate surface area is 150 Å². The second-order valence-corrected chi connectivity index (χ2v) is 7.22. The van der Waals surface area contributed by atoms with Crippen LogP contribution < -0.4 is 10.2 Å². The summed E-state index contributed by atoms with van der Waals surface area (Å²) in [5.41, 5.74) is 1.02. The van der Waals surface area contributed by atoms with Gasteiger partial charge < -0.3 is 4.90 Å². The number of nitrogens with zero attached hydrogens (tertiary/aromatic N) is 4. The number of aromatic nitrogens is 2. The van der Waals surface area contributed by atoms with E-state index >= 15 is 0 Å². The van der Waals surface area contributed by atoms with E-state index in [-0.39, 0.29) is 17.8 Å². The minimum Gasteiger partial charge on any atom is -0.369 e. The molecule has 1 aliphatic rings. The van der Waals surface area contributed by atoms with Crippen LogP contribution in [0.2, 0.25) is 0 Å². The van der Waals surface area contributed by atoms with Gasteiger partial charge in [0.25, 0.3) is 0 Å². The molecule has 6 nitrogen and oxygen atoms in total. The fourth-order valence-electron chi connectivity index (χ4n) is 3.09. The average molecular weight is 363 g/mol. The summed E-state index contributed by atoms with van der Waals surface area (Å²) in [6, 6.07) is 6.38. The molecule has 0 aliphatic carbocycles. The Morgan fingerprint density at radius 2 is 1.92 bits per heavy atom. The van der Waals surface area contributed by atoms with Gasteiger partial charge in [-0.1, -0.05) is 18.3 Å². The zero-order chi connectivity index (χ0) is 17.8. The maximum Gasteiger partial charge on any atom is 0.243 e. The number of piperazine rings is 1. The normalized spacial score (nSPS) is 16.7. The van der Waals surface area contributed by atoms with Gasteiger partial charge in [0, 0.05) is 31.9 Å². The molecular weight excluding hydrogens is 341 g/mol. The van der Waals surface area contributed by atoms with Gasteiger partial charge in [-0.3, -0.25) is 15.0 Å². The van der Waals surface area contributed by atoms with E-state index in [1.807, 2.05) is 13.8 Å². The number of aryl methyl sites for hydroxylation is 1. The summed E-state index contributed by atoms with van der Waals surface area (Å²) in [5.74, 6) is -0.258. The first-order valence-electron chi connectivity index (χ1n) is 8.42. The Morgan fingerprint density at radius 1 is 1.24 bits per heavy atom. The smallest absolute Gasteiger partial charge is 0.243 e. The number of benzene rings is 1. The highest BCUT2D eigenvalue weighted by Crippen LogP contribution is 2.20. The maximum atomic E-state index is 13.1. The molecule has 1 aromatic carbocycles. The van der Waals surface area contributed by atoms with Gasteiger partial charge in [-0.2, -0.15) is 0 Å². The van der Waals surface area contributed by atoms with Crippen LogP contribution >= 0.6 is 11.3 Å². The van der Waals surface area contributed by atoms with Gasteiger partial charge in [0.1, 0.15) is 10.8 Å². The van der Waals surface area contributed by atoms with Crippen LogP contribution in [0.25, 0.3) is 0 Å². The predicted octanol–water partition coefficient (Wildman–Crippen LogP) is 2.52. The van der Waals surface area contributed by atoms with Crippen LogP contribution in [0, 0.1) is 12.7 Å². The highest BCUT2D eigenvalue weighted by Gasteiger charge is 2.28. The molecule has 25 heavy (non-hydrogen) atoms. The molecule has 1 aliphatic heterocycles. The molecule has 1 N–H and O–H groups in total. The molecule has 0 spiro atoms. The van der Waals surface area contributed by atoms with E-state index in [1.54, 1.807) is 12.1 Å². The molecule has 134 valence electrons. The fourth-order valence-corrected chi connectivity index (χ4v) is 3.68. The monoisotopic (exact) mass is 363 g/mol. The van der Waals surface area contributed by atoms with Gasteiger partial charge in [0.05, 0.1) is 6.04 Å². The predicted molar refractivity (Wildman–Crippen MR) is 97.5 cm³/mol. The standard InChI is InChI=1S/C17H22FN5OS/c1-3-15(16(24)19-17-21-20-12(2)25-17)23-10-8-22(9-11-23)14-6-4-13(18)5-7-14/h4-7,15H,3,8-11H2,1-2H3,(H,19,21,24)/t15-/m0/s1. The number of nitrogens with one attached hydrogen (secondary N) is 1. The Balaban J connectivity index is 1.58. The van der Waals surface area contributed by atoms with E-state index < -0.39 is 0 Å². The van der Waals surface area contributed by atoms with Crippen LogP contribution in [-0.2, 0) is 4.79 Å². The van der Waals surface area contributed by atoms with E-state index in [0.717, 1.165) is 43.3 Å². The minimum absolute atomic E-state index is 0.0334. The highest BCUT2D eigenvalue weighted by atomic mass is 32.1. The first-order chi connectivity index (χ1) is 12.1. The number of carbonyl (C=O) groups is 1. The molecule has 0 unspecified atom stereocenters. The zero-order valence-corrected chi connectivity index (χ0v) is 15.2. The van der Waals surface area contributed by atoms with Crippen molar-refractivity contribution in [3.63, 3.8) is 0 Å². The highest BCUT2D eigenvalue weighted by molar-refractivity contribution is 7.15. The first kappa shape index (κ1) is 17.8. The van der Waals surface area contributed by atoms with Crippen LogP contribution in [0.5, 0.6) is 0 Å². The molecule has 1 saturated heterocycles. The molecule has 2 aromatic rings. The molecule has 1 fully saturated rings. The number of rotatable bonds is 5. The van der Waals surface area contributed by atoms with Crippen molar-refractivity contribution >= 4 is 28.1 Å². The SMILES string of the molecule is CC[C@@H](C(=O)Nc1nnc(C)s1)N1CCN(c2ccc(F)cc2)CC1. The maximum absolute atomic E-state index is 13.1. The van der Waals surface area contributed by atoms with Gasteiger partial charge in [0.15, 0.2) is 0 Å². The molecule has 8 heteroatoms. The summed E-state index contributed by atoms with van der Waals surface area (Å²) in [7, 11) is 0. The quantitative estimate of drug-likeness (QED) is 0.885. The molecule has 3 rings (SSSR count). The van der Waals surface area contributed by atoms with Gasteiger partial charge in [-0.15, -0.1) is 10.2 Å². The fraction of sp³-hybridized carbons (Fsp3) is 0.471. The van der Waals surface area contributed by atoms with Crippen molar-refractivity contribution in [2.75, 3.05) is 36.4 Å². The van der Waals surface area contributed by atoms with Crippen molar-refractivity contribution < 1.29 is 9.18 Å². The number of amides is 1. The summed E-state index contributed by atoms with van der Waals surface area (Å²) in [6.45, 7) is 7.08. The van der Waals surface area contributed by atoms with Crippen molar-refractivity contribution in [1.29, 1.82) is 0 Å². The number of anilines is 2. The lowest BCUT2D eigenvalue weighted by Gasteiger charge is -2.39. The van der Waals surface area contributed by atoms with E-state index in [4.69, 9.17) is 0 Å². The van der Waals surface area contributed by atoms with Crippen molar-refractivity contribution in [1.82, 2.24) is 15.1 Å². The van der Waals surface area contributed by atoms with E-state index in [9.17, 15) is 9.18 Å². The van der Waals surface area contributed by atoms with Crippen molar-refractivity contribution in [2.45, 2.75) is 26.3 Å². The number of halogens is 1. The number of carbonyl (C=O) groups excluding carboxylic acids is 1. The third-order valence-electron chi connectivity index (χ3n) is 4.39. The Morgan fingerprint density at radius 3 is 2.48 bits per heavy atom. The summed E-state index contributed by atoms with van der Waals surface area (Å²) >= 11 is 1.38. The second kappa shape index (κ2) is 7.88. The molecule has 0 saturated carbocycles. The van der Waals surface area contributed by atoms with Crippen LogP contribution in [0.4, 0.5) is 15.2 Å². The zero-order valence-electron chi connectivity index (χ0n) is 14.4. The topological polar surface area (TPSA) is 61.4 Å². The van der Waals surface area contributed by atoms with E-state index in [2.05, 4.69) is 25.3 Å². The molecule has 1 atom stereocenters. The average Bonchev–Trinajstić information content (AvgIpc) is 3.02. The Hall–Kier alpha value is -2.06. The molecule has 1 aromatic heterocycles. The summed E-state index contributed by atoms with van der Waals surface area (Å²) in [4.78, 5) is 17.0. The van der Waals surface area contributed by atoms with E-state index in [1.165, 1.54) is 23.5 Å². The van der Waals surface area contributed by atoms with Gasteiger partial charge in [0.2, 0.25) is 11.0 Å². The lowest BCUT2D eigenvalue weighted by Crippen LogP contribution is -2.53. The van der Waals surface area contributed by atoms with Gasteiger partial charge in [-0.05, 0) is 37.6 Å². The third-order valence-corrected chi connectivity index (χ3v) is 5.15. The second-order valence-electron chi connectivity index (χ2n) is 6.04. The Bertz CT molecular complexity index is 712. The van der Waals surface area contributed by atoms with Crippen LogP contribution in [-0.4, -0.2) is 53.2 Å². The summed E-state index contributed by atoms with van der Waals surface area (Å²) in [6.07, 6.45) is 0.736. The molecule has 1 amide bonds. The lowest BCUT2D eigenvalue weighted by molar-refractivity contribution is -0.121. The summed E-state index contributed by atoms with van der Waals surface area (Å²) < 4.78 is 13.1. The third kappa shape index (κ3) is 4.32. The number of hydrogen-bond donors (Lipinski definition) is 1. The minimum atomic E-state index is -0.225.